The van der Waals surface area contributed by atoms with Crippen LogP contribution in [-0.4, -0.2) is 95.9 Å². The molecule has 0 bridgehead atoms. The number of fused-ring (bicyclic) bond motifs is 1. The Morgan fingerprint density at radius 1 is 1.22 bits per heavy atom. The van der Waals surface area contributed by atoms with Gasteiger partial charge in [0, 0.05) is 30.6 Å². The second-order valence-corrected chi connectivity index (χ2v) is 11.5. The van der Waals surface area contributed by atoms with Crippen LogP contribution in [0.3, 0.4) is 0 Å². The zero-order valence-electron chi connectivity index (χ0n) is 24.0. The van der Waals surface area contributed by atoms with Crippen molar-refractivity contribution >= 4 is 30.1 Å². The van der Waals surface area contributed by atoms with Crippen molar-refractivity contribution in [3.8, 4) is 6.07 Å². The Labute approximate surface area is 241 Å². The van der Waals surface area contributed by atoms with Gasteiger partial charge in [0.1, 0.15) is 18.1 Å². The first-order valence-corrected chi connectivity index (χ1v) is 14.5. The molecule has 0 aliphatic carbocycles. The molecule has 222 valence electrons. The van der Waals surface area contributed by atoms with Gasteiger partial charge in [0.25, 0.3) is 0 Å². The van der Waals surface area contributed by atoms with E-state index in [4.69, 9.17) is 13.9 Å². The van der Waals surface area contributed by atoms with E-state index >= 15 is 0 Å². The van der Waals surface area contributed by atoms with E-state index in [0.29, 0.717) is 44.6 Å². The first-order chi connectivity index (χ1) is 19.7. The van der Waals surface area contributed by atoms with Crippen LogP contribution in [0.1, 0.15) is 51.5 Å². The number of ether oxygens (including phenoxy) is 2. The van der Waals surface area contributed by atoms with Gasteiger partial charge in [-0.25, -0.2) is 4.79 Å². The predicted octanol–water partition coefficient (Wildman–Crippen LogP) is 2.49. The second-order valence-electron chi connectivity index (χ2n) is 11.5. The molecule has 2 aromatic rings. The van der Waals surface area contributed by atoms with Gasteiger partial charge in [0.15, 0.2) is 0 Å². The number of nitrogens with one attached hydrogen (secondary N) is 1. The Morgan fingerprint density at radius 3 is 2.71 bits per heavy atom. The first kappa shape index (κ1) is 30.8. The fourth-order valence-corrected chi connectivity index (χ4v) is 5.76. The zero-order valence-corrected chi connectivity index (χ0v) is 24.0. The van der Waals surface area contributed by atoms with Gasteiger partial charge in [0.2, 0.25) is 5.91 Å². The monoisotopic (exact) mass is 568 g/mol. The molecule has 11 nitrogen and oxygen atoms in total. The van der Waals surface area contributed by atoms with Gasteiger partial charge in [-0.1, -0.05) is 18.2 Å². The molecule has 2 aliphatic rings. The molecule has 0 saturated carbocycles. The average Bonchev–Trinajstić information content (AvgIpc) is 3.39. The highest BCUT2D eigenvalue weighted by Crippen LogP contribution is 2.27. The first-order valence-electron chi connectivity index (χ1n) is 14.5. The summed E-state index contributed by atoms with van der Waals surface area (Å²) in [5.74, 6) is -2.02. The SMILES string of the molecule is CC(C)(CCC(C#N)C(=O)N1CCCC[C@@H]1COC(=O)N[C@@H](Cc1coc2ccccc12)B(O)O)N1CCOCC1. The zero-order chi connectivity index (χ0) is 29.4. The molecular weight excluding hydrogens is 527 g/mol. The Balaban J connectivity index is 1.31. The summed E-state index contributed by atoms with van der Waals surface area (Å²) in [5.41, 5.74) is 1.24. The molecule has 41 heavy (non-hydrogen) atoms. The summed E-state index contributed by atoms with van der Waals surface area (Å²) in [6.45, 7) is 7.77. The number of nitrogens with zero attached hydrogens (tertiary/aromatic N) is 3. The average molecular weight is 568 g/mol. The number of nitriles is 1. The molecule has 3 heterocycles. The minimum atomic E-state index is -1.82. The van der Waals surface area contributed by atoms with E-state index in [2.05, 4.69) is 30.1 Å². The number of rotatable bonds is 11. The Bertz CT molecular complexity index is 1210. The molecular formula is C29H41BN4O7. The van der Waals surface area contributed by atoms with E-state index in [1.54, 1.807) is 4.90 Å². The van der Waals surface area contributed by atoms with Crippen LogP contribution in [0.4, 0.5) is 4.79 Å². The molecule has 0 radical (unpaired) electrons. The van der Waals surface area contributed by atoms with Crippen LogP contribution in [-0.2, 0) is 20.7 Å². The fraction of sp³-hybridized carbons (Fsp3) is 0.621. The number of hydrogen-bond donors (Lipinski definition) is 3. The number of para-hydroxylation sites is 1. The number of carbonyl (C=O) groups is 2. The highest BCUT2D eigenvalue weighted by molar-refractivity contribution is 6.43. The molecule has 1 aromatic heterocycles. The maximum Gasteiger partial charge on any atom is 0.475 e. The highest BCUT2D eigenvalue weighted by Gasteiger charge is 2.35. The molecule has 0 spiro atoms. The van der Waals surface area contributed by atoms with E-state index in [9.17, 15) is 24.9 Å². The molecule has 1 aromatic carbocycles. The van der Waals surface area contributed by atoms with Crippen molar-refractivity contribution in [3.63, 3.8) is 0 Å². The smallest absolute Gasteiger partial charge is 0.464 e. The quantitative estimate of drug-likeness (QED) is 0.348. The molecule has 2 saturated heterocycles. The van der Waals surface area contributed by atoms with Crippen molar-refractivity contribution in [2.45, 2.75) is 69.9 Å². The fourth-order valence-electron chi connectivity index (χ4n) is 5.76. The van der Waals surface area contributed by atoms with Gasteiger partial charge in [-0.3, -0.25) is 9.69 Å². The van der Waals surface area contributed by atoms with Gasteiger partial charge in [0.05, 0.1) is 37.5 Å². The summed E-state index contributed by atoms with van der Waals surface area (Å²) in [6.07, 6.45) is 4.36. The van der Waals surface area contributed by atoms with Crippen LogP contribution in [0.2, 0.25) is 0 Å². The normalized spacial score (nSPS) is 19.8. The van der Waals surface area contributed by atoms with Gasteiger partial charge in [-0.15, -0.1) is 0 Å². The van der Waals surface area contributed by atoms with Crippen molar-refractivity contribution in [1.82, 2.24) is 15.1 Å². The summed E-state index contributed by atoms with van der Waals surface area (Å²) < 4.78 is 16.4. The number of hydrogen-bond acceptors (Lipinski definition) is 9. The molecule has 2 amide bonds. The van der Waals surface area contributed by atoms with Gasteiger partial charge < -0.3 is 34.2 Å². The van der Waals surface area contributed by atoms with E-state index in [0.717, 1.165) is 36.9 Å². The molecule has 3 N–H and O–H groups in total. The van der Waals surface area contributed by atoms with Gasteiger partial charge >= 0.3 is 13.2 Å². The lowest BCUT2D eigenvalue weighted by Gasteiger charge is -2.41. The van der Waals surface area contributed by atoms with E-state index < -0.39 is 25.1 Å². The number of morpholine rings is 1. The minimum absolute atomic E-state index is 0.0438. The standard InChI is InChI=1S/C29H41BN4O7/c1-29(2,33-13-15-39-16-14-33)11-10-21(18-31)27(35)34-12-6-5-7-23(34)20-41-28(36)32-26(30(37)38)17-22-19-40-25-9-4-3-8-24(22)25/h3-4,8-9,19,21,23,26,37-38H,5-7,10-17,20H2,1-2H3,(H,32,36)/t21?,23-,26+/m1/s1. The van der Waals surface area contributed by atoms with E-state index in [1.807, 2.05) is 24.3 Å². The van der Waals surface area contributed by atoms with Crippen LogP contribution in [0, 0.1) is 17.2 Å². The second kappa shape index (κ2) is 14.2. The minimum Gasteiger partial charge on any atom is -0.464 e. The third kappa shape index (κ3) is 8.01. The maximum absolute atomic E-state index is 13.5. The third-order valence-electron chi connectivity index (χ3n) is 8.35. The van der Waals surface area contributed by atoms with Gasteiger partial charge in [-0.05, 0) is 64.0 Å². The van der Waals surface area contributed by atoms with E-state index in [1.165, 1.54) is 6.26 Å². The maximum atomic E-state index is 13.5. The van der Waals surface area contributed by atoms with Gasteiger partial charge in [-0.2, -0.15) is 5.26 Å². The van der Waals surface area contributed by atoms with Crippen molar-refractivity contribution in [3.05, 3.63) is 36.1 Å². The number of amides is 2. The third-order valence-corrected chi connectivity index (χ3v) is 8.35. The Morgan fingerprint density at radius 2 is 1.98 bits per heavy atom. The molecule has 3 atom stereocenters. The van der Waals surface area contributed by atoms with Crippen LogP contribution in [0.15, 0.2) is 34.9 Å². The highest BCUT2D eigenvalue weighted by atomic mass is 16.5. The number of furan rings is 1. The number of benzene rings is 1. The summed E-state index contributed by atoms with van der Waals surface area (Å²) in [4.78, 5) is 30.2. The molecule has 12 heteroatoms. The van der Waals surface area contributed by atoms with Crippen molar-refractivity contribution in [2.75, 3.05) is 39.5 Å². The topological polar surface area (TPSA) is 148 Å². The number of carbonyl (C=O) groups excluding carboxylic acids is 2. The summed E-state index contributed by atoms with van der Waals surface area (Å²) >= 11 is 0. The lowest BCUT2D eigenvalue weighted by Crippen LogP contribution is -2.52. The van der Waals surface area contributed by atoms with Crippen molar-refractivity contribution < 1.29 is 33.5 Å². The van der Waals surface area contributed by atoms with E-state index in [-0.39, 0.29) is 30.5 Å². The summed E-state index contributed by atoms with van der Waals surface area (Å²) in [6, 6.07) is 9.23. The van der Waals surface area contributed by atoms with Crippen LogP contribution in [0.25, 0.3) is 11.0 Å². The Hall–Kier alpha value is -3.11. The molecule has 2 aliphatic heterocycles. The lowest BCUT2D eigenvalue weighted by atomic mass is 9.76. The molecule has 1 unspecified atom stereocenters. The van der Waals surface area contributed by atoms with Crippen LogP contribution >= 0.6 is 0 Å². The lowest BCUT2D eigenvalue weighted by molar-refractivity contribution is -0.139. The largest absolute Gasteiger partial charge is 0.475 e. The molecule has 4 rings (SSSR count). The Kier molecular flexibility index (Phi) is 10.7. The predicted molar refractivity (Wildman–Crippen MR) is 153 cm³/mol. The number of likely N-dealkylation sites (tertiary alicyclic amines) is 1. The van der Waals surface area contributed by atoms with Crippen LogP contribution < -0.4 is 5.32 Å². The van der Waals surface area contributed by atoms with Crippen molar-refractivity contribution in [2.24, 2.45) is 5.92 Å². The van der Waals surface area contributed by atoms with Crippen molar-refractivity contribution in [1.29, 1.82) is 5.26 Å². The van der Waals surface area contributed by atoms with Crippen LogP contribution in [0.5, 0.6) is 0 Å². The summed E-state index contributed by atoms with van der Waals surface area (Å²) in [7, 11) is -1.82. The summed E-state index contributed by atoms with van der Waals surface area (Å²) in [5, 5.41) is 33.0. The molecule has 2 fully saturated rings. The number of alkyl carbamates (subject to hydrolysis) is 1. The number of piperidine rings is 1.